The Bertz CT molecular complexity index is 828. The van der Waals surface area contributed by atoms with Gasteiger partial charge in [0.2, 0.25) is 5.91 Å². The van der Waals surface area contributed by atoms with E-state index in [1.165, 1.54) is 0 Å². The normalized spacial score (nSPS) is 17.6. The highest BCUT2D eigenvalue weighted by Gasteiger charge is 2.29. The fourth-order valence-electron chi connectivity index (χ4n) is 3.41. The lowest BCUT2D eigenvalue weighted by molar-refractivity contribution is -0.135. The minimum Gasteiger partial charge on any atom is -0.332 e. The third-order valence-corrected chi connectivity index (χ3v) is 5.49. The SMILES string of the molecule is O=C(Cn1ccnc1-c1ccccc1)N1CCCCC1c1nccs1. The number of nitrogens with zero attached hydrogens (tertiary/aromatic N) is 4. The molecule has 1 aliphatic heterocycles. The van der Waals surface area contributed by atoms with Crippen molar-refractivity contribution in [1.82, 2.24) is 19.4 Å². The molecule has 1 atom stereocenters. The van der Waals surface area contributed by atoms with Gasteiger partial charge in [-0.15, -0.1) is 11.3 Å². The maximum atomic E-state index is 13.0. The summed E-state index contributed by atoms with van der Waals surface area (Å²) in [6, 6.07) is 10.1. The molecular formula is C19H20N4OS. The number of imidazole rings is 1. The van der Waals surface area contributed by atoms with Crippen molar-refractivity contribution in [3.63, 3.8) is 0 Å². The van der Waals surface area contributed by atoms with Crippen molar-refractivity contribution in [2.75, 3.05) is 6.54 Å². The van der Waals surface area contributed by atoms with E-state index < -0.39 is 0 Å². The standard InChI is InChI=1S/C19H20N4OS/c24-17(23-11-5-4-8-16(23)19-21-10-13-25-19)14-22-12-9-20-18(22)15-6-2-1-3-7-15/h1-3,6-7,9-10,12-13,16H,4-5,8,11,14H2. The zero-order chi connectivity index (χ0) is 17.1. The Morgan fingerprint density at radius 1 is 1.16 bits per heavy atom. The van der Waals surface area contributed by atoms with Crippen LogP contribution in [0, 0.1) is 0 Å². The van der Waals surface area contributed by atoms with Crippen LogP contribution in [0.4, 0.5) is 0 Å². The van der Waals surface area contributed by atoms with Crippen LogP contribution < -0.4 is 0 Å². The fraction of sp³-hybridized carbons (Fsp3) is 0.316. The first-order chi connectivity index (χ1) is 12.3. The number of rotatable bonds is 4. The van der Waals surface area contributed by atoms with Crippen molar-refractivity contribution in [2.45, 2.75) is 31.8 Å². The van der Waals surface area contributed by atoms with Crippen molar-refractivity contribution in [3.05, 3.63) is 59.3 Å². The van der Waals surface area contributed by atoms with Gasteiger partial charge in [0.1, 0.15) is 17.4 Å². The number of amides is 1. The minimum atomic E-state index is 0.116. The van der Waals surface area contributed by atoms with E-state index >= 15 is 0 Å². The molecule has 1 amide bonds. The van der Waals surface area contributed by atoms with E-state index in [9.17, 15) is 4.79 Å². The zero-order valence-electron chi connectivity index (χ0n) is 13.9. The number of piperidine rings is 1. The number of aromatic nitrogens is 3. The molecule has 1 aromatic carbocycles. The molecule has 128 valence electrons. The number of hydrogen-bond acceptors (Lipinski definition) is 4. The third-order valence-electron chi connectivity index (χ3n) is 4.61. The van der Waals surface area contributed by atoms with E-state index in [-0.39, 0.29) is 11.9 Å². The van der Waals surface area contributed by atoms with Gasteiger partial charge in [0.05, 0.1) is 6.04 Å². The molecule has 2 aromatic heterocycles. The Morgan fingerprint density at radius 2 is 2.04 bits per heavy atom. The average Bonchev–Trinajstić information content (AvgIpc) is 3.34. The van der Waals surface area contributed by atoms with Gasteiger partial charge in [0.15, 0.2) is 0 Å². The van der Waals surface area contributed by atoms with Crippen LogP contribution in [0.2, 0.25) is 0 Å². The fourth-order valence-corrected chi connectivity index (χ4v) is 4.19. The second-order valence-electron chi connectivity index (χ2n) is 6.21. The van der Waals surface area contributed by atoms with Crippen LogP contribution in [0.5, 0.6) is 0 Å². The number of thiazole rings is 1. The Labute approximate surface area is 151 Å². The minimum absolute atomic E-state index is 0.116. The lowest BCUT2D eigenvalue weighted by atomic mass is 10.0. The van der Waals surface area contributed by atoms with E-state index in [0.717, 1.165) is 42.2 Å². The quantitative estimate of drug-likeness (QED) is 0.718. The molecule has 0 aliphatic carbocycles. The predicted octanol–water partition coefficient (Wildman–Crippen LogP) is 3.76. The van der Waals surface area contributed by atoms with Crippen LogP contribution in [0.15, 0.2) is 54.3 Å². The molecule has 3 aromatic rings. The summed E-state index contributed by atoms with van der Waals surface area (Å²) in [6.07, 6.45) is 8.65. The Balaban J connectivity index is 1.55. The van der Waals surface area contributed by atoms with Crippen molar-refractivity contribution in [1.29, 1.82) is 0 Å². The first kappa shape index (κ1) is 16.0. The summed E-state index contributed by atoms with van der Waals surface area (Å²) in [5.41, 5.74) is 1.02. The molecule has 3 heterocycles. The lowest BCUT2D eigenvalue weighted by Crippen LogP contribution is -2.40. The third kappa shape index (κ3) is 3.35. The molecule has 0 N–H and O–H groups in total. The first-order valence-electron chi connectivity index (χ1n) is 8.58. The van der Waals surface area contributed by atoms with Crippen LogP contribution in [0.25, 0.3) is 11.4 Å². The monoisotopic (exact) mass is 352 g/mol. The van der Waals surface area contributed by atoms with Gasteiger partial charge < -0.3 is 9.47 Å². The highest BCUT2D eigenvalue weighted by atomic mass is 32.1. The van der Waals surface area contributed by atoms with Gasteiger partial charge in [-0.2, -0.15) is 0 Å². The molecule has 0 saturated carbocycles. The van der Waals surface area contributed by atoms with Gasteiger partial charge in [0.25, 0.3) is 0 Å². The van der Waals surface area contributed by atoms with Crippen molar-refractivity contribution >= 4 is 17.2 Å². The molecule has 1 fully saturated rings. The van der Waals surface area contributed by atoms with E-state index in [1.807, 2.05) is 57.6 Å². The Morgan fingerprint density at radius 3 is 2.84 bits per heavy atom. The molecule has 1 saturated heterocycles. The number of carbonyl (C=O) groups is 1. The molecule has 1 unspecified atom stereocenters. The maximum Gasteiger partial charge on any atom is 0.243 e. The van der Waals surface area contributed by atoms with E-state index in [2.05, 4.69) is 9.97 Å². The van der Waals surface area contributed by atoms with Crippen LogP contribution in [-0.4, -0.2) is 31.9 Å². The molecule has 4 rings (SSSR count). The predicted molar refractivity (Wildman–Crippen MR) is 98.1 cm³/mol. The molecule has 6 heteroatoms. The number of benzene rings is 1. The number of hydrogen-bond donors (Lipinski definition) is 0. The lowest BCUT2D eigenvalue weighted by Gasteiger charge is -2.34. The highest BCUT2D eigenvalue weighted by Crippen LogP contribution is 2.32. The number of likely N-dealkylation sites (tertiary alicyclic amines) is 1. The molecule has 0 spiro atoms. The van der Waals surface area contributed by atoms with Crippen molar-refractivity contribution in [3.8, 4) is 11.4 Å². The van der Waals surface area contributed by atoms with Gasteiger partial charge in [-0.25, -0.2) is 9.97 Å². The summed E-state index contributed by atoms with van der Waals surface area (Å²) in [4.78, 5) is 23.9. The van der Waals surface area contributed by atoms with E-state index in [1.54, 1.807) is 17.5 Å². The van der Waals surface area contributed by atoms with Gasteiger partial charge in [-0.3, -0.25) is 4.79 Å². The largest absolute Gasteiger partial charge is 0.332 e. The first-order valence-corrected chi connectivity index (χ1v) is 9.46. The molecular weight excluding hydrogens is 332 g/mol. The van der Waals surface area contributed by atoms with E-state index in [4.69, 9.17) is 0 Å². The summed E-state index contributed by atoms with van der Waals surface area (Å²) >= 11 is 1.63. The second kappa shape index (κ2) is 7.19. The Kier molecular flexibility index (Phi) is 4.61. The average molecular weight is 352 g/mol. The summed E-state index contributed by atoms with van der Waals surface area (Å²) in [5.74, 6) is 0.965. The van der Waals surface area contributed by atoms with Crippen LogP contribution in [-0.2, 0) is 11.3 Å². The molecule has 1 aliphatic rings. The molecule has 5 nitrogen and oxygen atoms in total. The van der Waals surface area contributed by atoms with Gasteiger partial charge in [0, 0.05) is 36.1 Å². The smallest absolute Gasteiger partial charge is 0.243 e. The topological polar surface area (TPSA) is 51.0 Å². The molecule has 0 radical (unpaired) electrons. The molecule has 25 heavy (non-hydrogen) atoms. The van der Waals surface area contributed by atoms with Gasteiger partial charge in [-0.1, -0.05) is 30.3 Å². The van der Waals surface area contributed by atoms with Gasteiger partial charge in [-0.05, 0) is 19.3 Å². The maximum absolute atomic E-state index is 13.0. The van der Waals surface area contributed by atoms with Crippen molar-refractivity contribution in [2.24, 2.45) is 0 Å². The summed E-state index contributed by atoms with van der Waals surface area (Å²) < 4.78 is 1.94. The summed E-state index contributed by atoms with van der Waals surface area (Å²) in [6.45, 7) is 1.12. The summed E-state index contributed by atoms with van der Waals surface area (Å²) in [5, 5.41) is 3.03. The zero-order valence-corrected chi connectivity index (χ0v) is 14.7. The highest BCUT2D eigenvalue weighted by molar-refractivity contribution is 7.09. The van der Waals surface area contributed by atoms with Crippen LogP contribution in [0.1, 0.15) is 30.3 Å². The summed E-state index contributed by atoms with van der Waals surface area (Å²) in [7, 11) is 0. The Hall–Kier alpha value is -2.47. The van der Waals surface area contributed by atoms with Crippen molar-refractivity contribution < 1.29 is 4.79 Å². The van der Waals surface area contributed by atoms with E-state index in [0.29, 0.717) is 6.54 Å². The van der Waals surface area contributed by atoms with Crippen LogP contribution >= 0.6 is 11.3 Å². The number of carbonyl (C=O) groups excluding carboxylic acids is 1. The molecule has 0 bridgehead atoms. The van der Waals surface area contributed by atoms with Crippen LogP contribution in [0.3, 0.4) is 0 Å². The second-order valence-corrected chi connectivity index (χ2v) is 7.14. The van der Waals surface area contributed by atoms with Gasteiger partial charge >= 0.3 is 0 Å².